The summed E-state index contributed by atoms with van der Waals surface area (Å²) in [7, 11) is 1.72. The molecule has 0 saturated heterocycles. The Morgan fingerprint density at radius 1 is 1.33 bits per heavy atom. The van der Waals surface area contributed by atoms with Crippen molar-refractivity contribution < 1.29 is 5.11 Å². The van der Waals surface area contributed by atoms with E-state index in [0.29, 0.717) is 16.9 Å². The van der Waals surface area contributed by atoms with E-state index >= 15 is 0 Å². The number of hydrogen-bond acceptors (Lipinski definition) is 5. The summed E-state index contributed by atoms with van der Waals surface area (Å²) in [6.07, 6.45) is 5.20. The molecular formula is C9H11N5O. The van der Waals surface area contributed by atoms with Crippen LogP contribution in [0, 0.1) is 0 Å². The third-order valence-electron chi connectivity index (χ3n) is 2.21. The molecule has 0 aliphatic rings. The molecule has 0 saturated carbocycles. The van der Waals surface area contributed by atoms with Gasteiger partial charge < -0.3 is 10.8 Å². The van der Waals surface area contributed by atoms with Crippen molar-refractivity contribution in [1.82, 2.24) is 19.7 Å². The molecule has 0 aliphatic heterocycles. The predicted molar refractivity (Wildman–Crippen MR) is 53.7 cm³/mol. The lowest BCUT2D eigenvalue weighted by Crippen LogP contribution is -2.05. The maximum Gasteiger partial charge on any atom is 0.127 e. The average Bonchev–Trinajstić information content (AvgIpc) is 2.60. The quantitative estimate of drug-likeness (QED) is 0.713. The number of aliphatic hydroxyl groups excluding tert-OH is 1. The van der Waals surface area contributed by atoms with Gasteiger partial charge in [0.25, 0.3) is 0 Å². The van der Waals surface area contributed by atoms with Gasteiger partial charge in [-0.1, -0.05) is 0 Å². The van der Waals surface area contributed by atoms with Gasteiger partial charge in [0, 0.05) is 30.6 Å². The summed E-state index contributed by atoms with van der Waals surface area (Å²) in [5, 5.41) is 13.9. The average molecular weight is 205 g/mol. The van der Waals surface area contributed by atoms with Crippen molar-refractivity contribution in [3.8, 4) is 0 Å². The third kappa shape index (κ3) is 1.66. The Kier molecular flexibility index (Phi) is 2.34. The molecule has 1 unspecified atom stereocenters. The summed E-state index contributed by atoms with van der Waals surface area (Å²) >= 11 is 0. The van der Waals surface area contributed by atoms with Gasteiger partial charge in [0.1, 0.15) is 18.2 Å². The molecule has 0 aliphatic carbocycles. The van der Waals surface area contributed by atoms with E-state index in [1.807, 2.05) is 0 Å². The Balaban J connectivity index is 2.37. The largest absolute Gasteiger partial charge is 0.384 e. The maximum atomic E-state index is 9.97. The van der Waals surface area contributed by atoms with Crippen LogP contribution in [0.3, 0.4) is 0 Å². The van der Waals surface area contributed by atoms with E-state index in [4.69, 9.17) is 5.73 Å². The second kappa shape index (κ2) is 3.66. The van der Waals surface area contributed by atoms with Gasteiger partial charge >= 0.3 is 0 Å². The van der Waals surface area contributed by atoms with E-state index in [0.717, 1.165) is 0 Å². The number of nitrogen functional groups attached to an aromatic ring is 1. The van der Waals surface area contributed by atoms with Crippen molar-refractivity contribution >= 4 is 5.82 Å². The molecule has 6 heteroatoms. The normalized spacial score (nSPS) is 12.7. The van der Waals surface area contributed by atoms with Crippen LogP contribution in [0.2, 0.25) is 0 Å². The first-order chi connectivity index (χ1) is 7.20. The van der Waals surface area contributed by atoms with Crippen molar-refractivity contribution in [2.24, 2.45) is 7.05 Å². The van der Waals surface area contributed by atoms with Gasteiger partial charge in [-0.05, 0) is 0 Å². The van der Waals surface area contributed by atoms with Gasteiger partial charge in [-0.3, -0.25) is 4.68 Å². The third-order valence-corrected chi connectivity index (χ3v) is 2.21. The monoisotopic (exact) mass is 205 g/mol. The highest BCUT2D eigenvalue weighted by Gasteiger charge is 2.16. The van der Waals surface area contributed by atoms with Gasteiger partial charge in [0.15, 0.2) is 0 Å². The minimum absolute atomic E-state index is 0.436. The molecule has 6 nitrogen and oxygen atoms in total. The van der Waals surface area contributed by atoms with E-state index in [1.54, 1.807) is 19.4 Å². The van der Waals surface area contributed by atoms with Crippen LogP contribution in [-0.4, -0.2) is 24.9 Å². The molecule has 0 bridgehead atoms. The Hall–Kier alpha value is -1.95. The number of hydrogen-bond donors (Lipinski definition) is 2. The highest BCUT2D eigenvalue weighted by atomic mass is 16.3. The van der Waals surface area contributed by atoms with Gasteiger partial charge in [-0.2, -0.15) is 5.10 Å². The fourth-order valence-corrected chi connectivity index (χ4v) is 1.31. The lowest BCUT2D eigenvalue weighted by Gasteiger charge is -2.08. The fourth-order valence-electron chi connectivity index (χ4n) is 1.31. The zero-order valence-corrected chi connectivity index (χ0v) is 8.20. The van der Waals surface area contributed by atoms with E-state index in [1.165, 1.54) is 17.2 Å². The van der Waals surface area contributed by atoms with Crippen molar-refractivity contribution in [3.63, 3.8) is 0 Å². The molecule has 2 rings (SSSR count). The molecule has 0 spiro atoms. The van der Waals surface area contributed by atoms with E-state index in [2.05, 4.69) is 15.1 Å². The van der Waals surface area contributed by atoms with Gasteiger partial charge in [-0.25, -0.2) is 9.97 Å². The van der Waals surface area contributed by atoms with Crippen molar-refractivity contribution in [1.29, 1.82) is 0 Å². The molecule has 15 heavy (non-hydrogen) atoms. The summed E-state index contributed by atoms with van der Waals surface area (Å²) in [5.41, 5.74) is 6.90. The summed E-state index contributed by atoms with van der Waals surface area (Å²) < 4.78 is 1.50. The standard InChI is InChI=1S/C9H11N5O/c1-14-9(10)7(4-13-14)8(15)6-2-11-5-12-3-6/h2-5,8,15H,10H2,1H3. The molecule has 0 amide bonds. The van der Waals surface area contributed by atoms with Crippen LogP contribution in [0.4, 0.5) is 5.82 Å². The molecule has 0 radical (unpaired) electrons. The Morgan fingerprint density at radius 3 is 2.53 bits per heavy atom. The molecule has 2 aromatic rings. The van der Waals surface area contributed by atoms with Crippen LogP contribution in [-0.2, 0) is 7.05 Å². The molecule has 3 N–H and O–H groups in total. The van der Waals surface area contributed by atoms with Crippen LogP contribution in [0.25, 0.3) is 0 Å². The topological polar surface area (TPSA) is 89.8 Å². The first-order valence-electron chi connectivity index (χ1n) is 4.40. The van der Waals surface area contributed by atoms with Crippen LogP contribution >= 0.6 is 0 Å². The summed E-state index contributed by atoms with van der Waals surface area (Å²) in [6, 6.07) is 0. The highest BCUT2D eigenvalue weighted by molar-refractivity contribution is 5.43. The van der Waals surface area contributed by atoms with E-state index < -0.39 is 6.10 Å². The second-order valence-corrected chi connectivity index (χ2v) is 3.18. The zero-order valence-electron chi connectivity index (χ0n) is 8.20. The maximum absolute atomic E-state index is 9.97. The number of anilines is 1. The van der Waals surface area contributed by atoms with Crippen LogP contribution < -0.4 is 5.73 Å². The van der Waals surface area contributed by atoms with Crippen molar-refractivity contribution in [2.45, 2.75) is 6.10 Å². The fraction of sp³-hybridized carbons (Fsp3) is 0.222. The number of rotatable bonds is 2. The smallest absolute Gasteiger partial charge is 0.127 e. The van der Waals surface area contributed by atoms with Crippen LogP contribution in [0.5, 0.6) is 0 Å². The summed E-state index contributed by atoms with van der Waals surface area (Å²) in [6.45, 7) is 0. The minimum atomic E-state index is -0.833. The lowest BCUT2D eigenvalue weighted by molar-refractivity contribution is 0.220. The van der Waals surface area contributed by atoms with E-state index in [-0.39, 0.29) is 0 Å². The van der Waals surface area contributed by atoms with Crippen molar-refractivity contribution in [3.05, 3.63) is 36.0 Å². The van der Waals surface area contributed by atoms with Crippen LogP contribution in [0.1, 0.15) is 17.2 Å². The van der Waals surface area contributed by atoms with E-state index in [9.17, 15) is 5.11 Å². The van der Waals surface area contributed by atoms with Gasteiger partial charge in [0.2, 0.25) is 0 Å². The van der Waals surface area contributed by atoms with Crippen molar-refractivity contribution in [2.75, 3.05) is 5.73 Å². The number of aliphatic hydroxyl groups is 1. The molecule has 0 aromatic carbocycles. The minimum Gasteiger partial charge on any atom is -0.384 e. The molecule has 1 atom stereocenters. The number of aryl methyl sites for hydroxylation is 1. The molecule has 0 fully saturated rings. The zero-order chi connectivity index (χ0) is 10.8. The van der Waals surface area contributed by atoms with Gasteiger partial charge in [0.05, 0.1) is 6.20 Å². The molecule has 78 valence electrons. The second-order valence-electron chi connectivity index (χ2n) is 3.18. The summed E-state index contributed by atoms with van der Waals surface area (Å²) in [5.74, 6) is 0.436. The first kappa shape index (κ1) is 9.60. The Labute approximate surface area is 86.4 Å². The first-order valence-corrected chi connectivity index (χ1v) is 4.40. The number of nitrogens with two attached hydrogens (primary N) is 1. The Morgan fingerprint density at radius 2 is 2.00 bits per heavy atom. The number of nitrogens with zero attached hydrogens (tertiary/aromatic N) is 4. The molecule has 2 heterocycles. The predicted octanol–water partition coefficient (Wildman–Crippen LogP) is -0.126. The highest BCUT2D eigenvalue weighted by Crippen LogP contribution is 2.24. The lowest BCUT2D eigenvalue weighted by atomic mass is 10.1. The molecule has 2 aromatic heterocycles. The SMILES string of the molecule is Cn1ncc(C(O)c2cncnc2)c1N. The van der Waals surface area contributed by atoms with Gasteiger partial charge in [-0.15, -0.1) is 0 Å². The number of aromatic nitrogens is 4. The molecular weight excluding hydrogens is 194 g/mol. The van der Waals surface area contributed by atoms with Crippen LogP contribution in [0.15, 0.2) is 24.9 Å². The summed E-state index contributed by atoms with van der Waals surface area (Å²) in [4.78, 5) is 7.66. The Bertz CT molecular complexity index is 453.